The van der Waals surface area contributed by atoms with Crippen molar-refractivity contribution in [1.29, 1.82) is 0 Å². The molecule has 11 nitrogen and oxygen atoms in total. The van der Waals surface area contributed by atoms with Crippen molar-refractivity contribution in [1.82, 2.24) is 5.01 Å². The number of phenolic OH excluding ortho intramolecular Hbond substituents is 1. The second-order valence-corrected chi connectivity index (χ2v) is 15.3. The van der Waals surface area contributed by atoms with Gasteiger partial charge in [0.1, 0.15) is 5.82 Å². The number of carbonyl (C=O) groups excluding carboxylic acids is 4. The van der Waals surface area contributed by atoms with Gasteiger partial charge in [0, 0.05) is 21.0 Å². The van der Waals surface area contributed by atoms with Gasteiger partial charge >= 0.3 is 7.12 Å². The summed E-state index contributed by atoms with van der Waals surface area (Å²) >= 11 is 9.88. The molecule has 1 saturated carbocycles. The van der Waals surface area contributed by atoms with Crippen LogP contribution < -0.4 is 20.5 Å². The molecule has 15 heteroatoms. The van der Waals surface area contributed by atoms with E-state index in [0.29, 0.717) is 20.6 Å². The Morgan fingerprint density at radius 3 is 2.35 bits per heavy atom. The van der Waals surface area contributed by atoms with Crippen LogP contribution in [0.25, 0.3) is 0 Å². The highest BCUT2D eigenvalue weighted by atomic mass is 79.9. The van der Waals surface area contributed by atoms with E-state index < -0.39 is 71.6 Å². The smallest absolute Gasteiger partial charge is 0.488 e. The Labute approximate surface area is 322 Å². The van der Waals surface area contributed by atoms with Gasteiger partial charge in [0.25, 0.3) is 11.8 Å². The van der Waals surface area contributed by atoms with Crippen LogP contribution in [0.2, 0.25) is 5.02 Å². The summed E-state index contributed by atoms with van der Waals surface area (Å²) in [5.74, 6) is -7.70. The molecule has 4 aromatic rings. The molecule has 0 aromatic heterocycles. The molecular formula is C39H31BBrClFN3O8. The molecule has 6 atom stereocenters. The third-order valence-corrected chi connectivity index (χ3v) is 12.0. The number of anilines is 2. The minimum absolute atomic E-state index is 0.0214. The average Bonchev–Trinajstić information content (AvgIpc) is 3.54. The molecule has 54 heavy (non-hydrogen) atoms. The second-order valence-electron chi connectivity index (χ2n) is 13.9. The van der Waals surface area contributed by atoms with Crippen molar-refractivity contribution in [3.63, 3.8) is 0 Å². The number of methoxy groups -OCH3 is 1. The summed E-state index contributed by atoms with van der Waals surface area (Å²) in [6.45, 7) is 0. The lowest BCUT2D eigenvalue weighted by Crippen LogP contribution is -2.53. The minimum Gasteiger partial charge on any atom is -0.504 e. The predicted octanol–water partition coefficient (Wildman–Crippen LogP) is 4.83. The normalized spacial score (nSPS) is 26.0. The zero-order chi connectivity index (χ0) is 38.2. The zero-order valence-corrected chi connectivity index (χ0v) is 30.8. The number of phenols is 1. The summed E-state index contributed by atoms with van der Waals surface area (Å²) in [5.41, 5.74) is 2.97. The number of nitrogens with zero attached hydrogens (tertiary/aromatic N) is 2. The van der Waals surface area contributed by atoms with E-state index in [1.807, 2.05) is 6.08 Å². The van der Waals surface area contributed by atoms with E-state index in [0.717, 1.165) is 9.91 Å². The Morgan fingerprint density at radius 1 is 0.944 bits per heavy atom. The standard InChI is InChI=1S/C39H31BBrClFN3O8/c1-54-31-17-21(41)16-29(34(31)47)33-26-13-14-27-32(37(50)45(35(27)48)25-4-2-3-20(15-25)40(52)53)28(26)18-30-36(49)46(44-24-11-9-23(43)10-12-24)38(51)39(30,33)19-5-7-22(42)8-6-19/h2-13,15-17,27-28,30,32-33,44,47,52-53H,14,18H2,1H3. The van der Waals surface area contributed by atoms with Crippen molar-refractivity contribution in [2.75, 3.05) is 17.4 Å². The van der Waals surface area contributed by atoms with Crippen molar-refractivity contribution in [2.45, 2.75) is 24.2 Å². The maximum Gasteiger partial charge on any atom is 0.488 e. The number of nitrogens with one attached hydrogen (secondary N) is 1. The van der Waals surface area contributed by atoms with Gasteiger partial charge in [0.15, 0.2) is 11.5 Å². The maximum absolute atomic E-state index is 15.3. The highest BCUT2D eigenvalue weighted by Crippen LogP contribution is 2.65. The van der Waals surface area contributed by atoms with Gasteiger partial charge in [-0.3, -0.25) is 29.5 Å². The third-order valence-electron chi connectivity index (χ3n) is 11.3. The number of benzene rings is 4. The number of imide groups is 2. The van der Waals surface area contributed by atoms with Gasteiger partial charge in [-0.05, 0) is 90.4 Å². The van der Waals surface area contributed by atoms with E-state index in [-0.39, 0.29) is 46.7 Å². The van der Waals surface area contributed by atoms with Crippen LogP contribution in [0.3, 0.4) is 0 Å². The number of fused-ring (bicyclic) bond motifs is 4. The summed E-state index contributed by atoms with van der Waals surface area (Å²) < 4.78 is 20.0. The zero-order valence-electron chi connectivity index (χ0n) is 28.4. The second kappa shape index (κ2) is 13.4. The number of ether oxygens (including phenoxy) is 1. The monoisotopic (exact) mass is 813 g/mol. The molecule has 2 aliphatic heterocycles. The largest absolute Gasteiger partial charge is 0.504 e. The van der Waals surface area contributed by atoms with Gasteiger partial charge < -0.3 is 19.9 Å². The maximum atomic E-state index is 15.3. The van der Waals surface area contributed by atoms with Crippen LogP contribution in [0.15, 0.2) is 101 Å². The summed E-state index contributed by atoms with van der Waals surface area (Å²) in [6.07, 6.45) is 1.93. The van der Waals surface area contributed by atoms with Crippen LogP contribution in [-0.4, -0.2) is 58.0 Å². The summed E-state index contributed by atoms with van der Waals surface area (Å²) in [6, 6.07) is 20.8. The van der Waals surface area contributed by atoms with Gasteiger partial charge in [0.2, 0.25) is 11.8 Å². The number of carbonyl (C=O) groups is 4. The lowest BCUT2D eigenvalue weighted by molar-refractivity contribution is -0.138. The molecule has 2 saturated heterocycles. The van der Waals surface area contributed by atoms with Crippen molar-refractivity contribution >= 4 is 75.1 Å². The van der Waals surface area contributed by atoms with Gasteiger partial charge in [-0.15, -0.1) is 0 Å². The fourth-order valence-corrected chi connectivity index (χ4v) is 9.63. The highest BCUT2D eigenvalue weighted by molar-refractivity contribution is 9.10. The van der Waals surface area contributed by atoms with E-state index in [9.17, 15) is 33.9 Å². The first kappa shape index (κ1) is 36.0. The number of hydrazine groups is 1. The van der Waals surface area contributed by atoms with Gasteiger partial charge in [0.05, 0.1) is 41.7 Å². The first-order valence-electron chi connectivity index (χ1n) is 17.1. The summed E-state index contributed by atoms with van der Waals surface area (Å²) in [7, 11) is -0.446. The number of hydrogen-bond acceptors (Lipinski definition) is 9. The number of amides is 4. The van der Waals surface area contributed by atoms with Crippen LogP contribution in [0, 0.1) is 29.5 Å². The molecule has 274 valence electrons. The van der Waals surface area contributed by atoms with E-state index in [2.05, 4.69) is 21.4 Å². The van der Waals surface area contributed by atoms with Crippen molar-refractivity contribution < 1.29 is 43.5 Å². The molecule has 0 spiro atoms. The van der Waals surface area contributed by atoms with Crippen LogP contribution in [0.1, 0.15) is 29.9 Å². The number of halogens is 3. The Kier molecular flexibility index (Phi) is 8.92. The molecule has 2 heterocycles. The fraction of sp³-hybridized carbons (Fsp3) is 0.231. The molecular weight excluding hydrogens is 784 g/mol. The Balaban J connectivity index is 1.34. The van der Waals surface area contributed by atoms with Crippen molar-refractivity contribution in [3.8, 4) is 11.5 Å². The quantitative estimate of drug-likeness (QED) is 0.117. The van der Waals surface area contributed by atoms with Crippen LogP contribution in [-0.2, 0) is 24.6 Å². The molecule has 4 aliphatic rings. The predicted molar refractivity (Wildman–Crippen MR) is 200 cm³/mol. The molecule has 0 bridgehead atoms. The molecule has 4 N–H and O–H groups in total. The Morgan fingerprint density at radius 2 is 1.67 bits per heavy atom. The van der Waals surface area contributed by atoms with E-state index in [1.54, 1.807) is 36.4 Å². The van der Waals surface area contributed by atoms with Crippen LogP contribution >= 0.6 is 27.5 Å². The number of rotatable bonds is 7. The summed E-state index contributed by atoms with van der Waals surface area (Å²) in [4.78, 5) is 59.9. The molecule has 3 fully saturated rings. The molecule has 8 rings (SSSR count). The number of hydrogen-bond donors (Lipinski definition) is 4. The highest BCUT2D eigenvalue weighted by Gasteiger charge is 2.70. The molecule has 4 amide bonds. The third kappa shape index (κ3) is 5.37. The van der Waals surface area contributed by atoms with Crippen LogP contribution in [0.5, 0.6) is 11.5 Å². The SMILES string of the molecule is COc1cc(Br)cc(C2C3=CCC4C(=O)N(c5cccc(B(O)O)c5)C(=O)C4C3CC3C(=O)N(Nc4ccc(F)cc4)C(=O)C32c2ccc(Cl)cc2)c1O. The molecule has 4 aromatic carbocycles. The number of allylic oxidation sites excluding steroid dienone is 2. The van der Waals surface area contributed by atoms with E-state index in [4.69, 9.17) is 16.3 Å². The minimum atomic E-state index is -1.83. The van der Waals surface area contributed by atoms with Crippen molar-refractivity contribution in [3.05, 3.63) is 123 Å². The topological polar surface area (TPSA) is 157 Å². The lowest BCUT2D eigenvalue weighted by Gasteiger charge is -2.50. The van der Waals surface area contributed by atoms with Gasteiger partial charge in [-0.1, -0.05) is 63.4 Å². The molecule has 6 unspecified atom stereocenters. The summed E-state index contributed by atoms with van der Waals surface area (Å²) in [5, 5.41) is 32.8. The van der Waals surface area contributed by atoms with Gasteiger partial charge in [-0.25, -0.2) is 4.39 Å². The van der Waals surface area contributed by atoms with Gasteiger partial charge in [-0.2, -0.15) is 5.01 Å². The van der Waals surface area contributed by atoms with Crippen LogP contribution in [0.4, 0.5) is 15.8 Å². The first-order chi connectivity index (χ1) is 25.9. The average molecular weight is 815 g/mol. The van der Waals surface area contributed by atoms with E-state index >= 15 is 4.79 Å². The Bertz CT molecular complexity index is 2270. The molecule has 0 radical (unpaired) electrons. The lowest BCUT2D eigenvalue weighted by atomic mass is 9.49. The first-order valence-corrected chi connectivity index (χ1v) is 18.3. The Hall–Kier alpha value is -5.02. The van der Waals surface area contributed by atoms with Crippen molar-refractivity contribution in [2.24, 2.45) is 23.7 Å². The number of aromatic hydroxyl groups is 1. The van der Waals surface area contributed by atoms with E-state index in [1.165, 1.54) is 55.6 Å². The fourth-order valence-electron chi connectivity index (χ4n) is 9.05. The molecule has 2 aliphatic carbocycles.